The van der Waals surface area contributed by atoms with Gasteiger partial charge in [0.15, 0.2) is 0 Å². The molecular formula is C13H15NO4S. The molecule has 1 aromatic carbocycles. The fourth-order valence-corrected chi connectivity index (χ4v) is 2.34. The first kappa shape index (κ1) is 13.9. The Kier molecular flexibility index (Phi) is 4.44. The van der Waals surface area contributed by atoms with Crippen LogP contribution in [0, 0.1) is 5.92 Å². The summed E-state index contributed by atoms with van der Waals surface area (Å²) in [6.45, 7) is 0.386. The van der Waals surface area contributed by atoms with Gasteiger partial charge in [-0.05, 0) is 30.5 Å². The molecule has 5 nitrogen and oxygen atoms in total. The molecule has 1 aliphatic rings. The molecule has 0 radical (unpaired) electrons. The van der Waals surface area contributed by atoms with E-state index in [0.717, 1.165) is 4.90 Å². The van der Waals surface area contributed by atoms with E-state index < -0.39 is 17.9 Å². The van der Waals surface area contributed by atoms with Gasteiger partial charge in [0.2, 0.25) is 0 Å². The molecule has 0 aliphatic carbocycles. The maximum atomic E-state index is 12.0. The van der Waals surface area contributed by atoms with Gasteiger partial charge in [0, 0.05) is 10.5 Å². The topological polar surface area (TPSA) is 75.6 Å². The van der Waals surface area contributed by atoms with Gasteiger partial charge in [0.25, 0.3) is 5.91 Å². The van der Waals surface area contributed by atoms with Crippen LogP contribution in [0.25, 0.3) is 0 Å². The van der Waals surface area contributed by atoms with Crippen molar-refractivity contribution in [3.05, 3.63) is 29.8 Å². The molecule has 1 aromatic rings. The number of ether oxygens (including phenoxy) is 1. The molecule has 0 spiro atoms. The first-order valence-electron chi connectivity index (χ1n) is 5.87. The van der Waals surface area contributed by atoms with Gasteiger partial charge in [-0.15, -0.1) is 11.8 Å². The van der Waals surface area contributed by atoms with Gasteiger partial charge in [0.05, 0.1) is 19.3 Å². The summed E-state index contributed by atoms with van der Waals surface area (Å²) in [7, 11) is 0. The standard InChI is InChI=1S/C13H15NO4S/c1-19-9-4-2-8(3-5-9)12(15)14-11-7-18-6-10(11)13(16)17/h2-5,10-11H,6-7H2,1H3,(H,14,15)(H,16,17). The highest BCUT2D eigenvalue weighted by atomic mass is 32.2. The van der Waals surface area contributed by atoms with Crippen LogP contribution in [-0.2, 0) is 9.53 Å². The minimum Gasteiger partial charge on any atom is -0.481 e. The Hall–Kier alpha value is -1.53. The molecule has 1 heterocycles. The summed E-state index contributed by atoms with van der Waals surface area (Å²) in [6, 6.07) is 6.71. The summed E-state index contributed by atoms with van der Waals surface area (Å²) >= 11 is 1.60. The van der Waals surface area contributed by atoms with Crippen molar-refractivity contribution in [2.24, 2.45) is 5.92 Å². The van der Waals surface area contributed by atoms with Crippen molar-refractivity contribution < 1.29 is 19.4 Å². The molecule has 0 bridgehead atoms. The van der Waals surface area contributed by atoms with Crippen molar-refractivity contribution in [3.8, 4) is 0 Å². The lowest BCUT2D eigenvalue weighted by molar-refractivity contribution is -0.142. The third kappa shape index (κ3) is 3.27. The van der Waals surface area contributed by atoms with Gasteiger partial charge < -0.3 is 15.2 Å². The molecular weight excluding hydrogens is 266 g/mol. The lowest BCUT2D eigenvalue weighted by Gasteiger charge is -2.15. The van der Waals surface area contributed by atoms with Crippen molar-refractivity contribution >= 4 is 23.6 Å². The molecule has 102 valence electrons. The second-order valence-corrected chi connectivity index (χ2v) is 5.17. The van der Waals surface area contributed by atoms with E-state index in [1.807, 2.05) is 18.4 Å². The van der Waals surface area contributed by atoms with E-state index in [4.69, 9.17) is 9.84 Å². The lowest BCUT2D eigenvalue weighted by Crippen LogP contribution is -2.42. The van der Waals surface area contributed by atoms with Crippen LogP contribution < -0.4 is 5.32 Å². The van der Waals surface area contributed by atoms with Crippen molar-refractivity contribution in [2.75, 3.05) is 19.5 Å². The van der Waals surface area contributed by atoms with Gasteiger partial charge in [-0.2, -0.15) is 0 Å². The fourth-order valence-electron chi connectivity index (χ4n) is 1.93. The minimum absolute atomic E-state index is 0.145. The number of hydrogen-bond acceptors (Lipinski definition) is 4. The Morgan fingerprint density at radius 2 is 2.00 bits per heavy atom. The zero-order chi connectivity index (χ0) is 13.8. The number of thioether (sulfide) groups is 1. The fraction of sp³-hybridized carbons (Fsp3) is 0.385. The quantitative estimate of drug-likeness (QED) is 0.812. The highest BCUT2D eigenvalue weighted by Crippen LogP contribution is 2.17. The summed E-state index contributed by atoms with van der Waals surface area (Å²) in [6.07, 6.45) is 1.96. The normalized spacial score (nSPS) is 22.2. The highest BCUT2D eigenvalue weighted by molar-refractivity contribution is 7.98. The first-order chi connectivity index (χ1) is 9.11. The summed E-state index contributed by atoms with van der Waals surface area (Å²) in [5.74, 6) is -1.88. The van der Waals surface area contributed by atoms with E-state index in [2.05, 4.69) is 5.32 Å². The van der Waals surface area contributed by atoms with E-state index in [1.54, 1.807) is 23.9 Å². The van der Waals surface area contributed by atoms with E-state index >= 15 is 0 Å². The number of aliphatic carboxylic acids is 1. The number of amides is 1. The number of rotatable bonds is 4. The number of carbonyl (C=O) groups excluding carboxylic acids is 1. The average molecular weight is 281 g/mol. The Bertz CT molecular complexity index is 474. The van der Waals surface area contributed by atoms with Crippen LogP contribution in [0.4, 0.5) is 0 Å². The second kappa shape index (κ2) is 6.08. The van der Waals surface area contributed by atoms with E-state index in [0.29, 0.717) is 5.56 Å². The summed E-state index contributed by atoms with van der Waals surface area (Å²) in [5.41, 5.74) is 0.522. The maximum absolute atomic E-state index is 12.0. The predicted octanol–water partition coefficient (Wildman–Crippen LogP) is 1.24. The van der Waals surface area contributed by atoms with Gasteiger partial charge in [-0.25, -0.2) is 0 Å². The van der Waals surface area contributed by atoms with Crippen LogP contribution in [0.15, 0.2) is 29.2 Å². The second-order valence-electron chi connectivity index (χ2n) is 4.29. The molecule has 2 unspecified atom stereocenters. The summed E-state index contributed by atoms with van der Waals surface area (Å²) in [5, 5.41) is 11.7. The van der Waals surface area contributed by atoms with Crippen LogP contribution in [-0.4, -0.2) is 42.5 Å². The Morgan fingerprint density at radius 3 is 2.58 bits per heavy atom. The van der Waals surface area contributed by atoms with E-state index in [9.17, 15) is 9.59 Å². The first-order valence-corrected chi connectivity index (χ1v) is 7.09. The smallest absolute Gasteiger partial charge is 0.311 e. The molecule has 6 heteroatoms. The number of nitrogens with one attached hydrogen (secondary N) is 1. The molecule has 2 atom stereocenters. The molecule has 19 heavy (non-hydrogen) atoms. The lowest BCUT2D eigenvalue weighted by atomic mass is 10.0. The Morgan fingerprint density at radius 1 is 1.32 bits per heavy atom. The van der Waals surface area contributed by atoms with Crippen LogP contribution in [0.2, 0.25) is 0 Å². The molecule has 1 fully saturated rings. The number of hydrogen-bond donors (Lipinski definition) is 2. The zero-order valence-corrected chi connectivity index (χ0v) is 11.3. The van der Waals surface area contributed by atoms with Crippen LogP contribution in [0.3, 0.4) is 0 Å². The molecule has 0 saturated carbocycles. The Labute approximate surface area is 115 Å². The van der Waals surface area contributed by atoms with Crippen LogP contribution in [0.5, 0.6) is 0 Å². The van der Waals surface area contributed by atoms with Crippen molar-refractivity contribution in [3.63, 3.8) is 0 Å². The zero-order valence-electron chi connectivity index (χ0n) is 10.5. The Balaban J connectivity index is 2.01. The van der Waals surface area contributed by atoms with Gasteiger partial charge >= 0.3 is 5.97 Å². The predicted molar refractivity (Wildman–Crippen MR) is 71.4 cm³/mol. The maximum Gasteiger partial charge on any atom is 0.311 e. The molecule has 2 rings (SSSR count). The van der Waals surface area contributed by atoms with E-state index in [1.165, 1.54) is 0 Å². The van der Waals surface area contributed by atoms with Crippen LogP contribution >= 0.6 is 11.8 Å². The largest absolute Gasteiger partial charge is 0.481 e. The van der Waals surface area contributed by atoms with Crippen molar-refractivity contribution in [1.29, 1.82) is 0 Å². The number of carboxylic acids is 1. The average Bonchev–Trinajstić information content (AvgIpc) is 2.87. The number of benzene rings is 1. The van der Waals surface area contributed by atoms with Gasteiger partial charge in [-0.3, -0.25) is 9.59 Å². The molecule has 1 amide bonds. The third-order valence-electron chi connectivity index (χ3n) is 3.07. The van der Waals surface area contributed by atoms with E-state index in [-0.39, 0.29) is 19.1 Å². The molecule has 0 aromatic heterocycles. The third-order valence-corrected chi connectivity index (χ3v) is 3.81. The van der Waals surface area contributed by atoms with Gasteiger partial charge in [-0.1, -0.05) is 0 Å². The summed E-state index contributed by atoms with van der Waals surface area (Å²) < 4.78 is 5.11. The minimum atomic E-state index is -0.944. The number of carboxylic acid groups (broad SMARTS) is 1. The van der Waals surface area contributed by atoms with Crippen LogP contribution in [0.1, 0.15) is 10.4 Å². The molecule has 1 aliphatic heterocycles. The number of carbonyl (C=O) groups is 2. The monoisotopic (exact) mass is 281 g/mol. The highest BCUT2D eigenvalue weighted by Gasteiger charge is 2.35. The van der Waals surface area contributed by atoms with Gasteiger partial charge in [0.1, 0.15) is 5.92 Å². The molecule has 2 N–H and O–H groups in total. The summed E-state index contributed by atoms with van der Waals surface area (Å²) in [4.78, 5) is 24.1. The molecule has 1 saturated heterocycles. The SMILES string of the molecule is CSc1ccc(C(=O)NC2COCC2C(=O)O)cc1. The van der Waals surface area contributed by atoms with Crippen molar-refractivity contribution in [2.45, 2.75) is 10.9 Å². The van der Waals surface area contributed by atoms with Crippen molar-refractivity contribution in [1.82, 2.24) is 5.32 Å².